The van der Waals surface area contributed by atoms with E-state index >= 15 is 0 Å². The number of likely N-dealkylation sites (N-methyl/N-ethyl adjacent to an activating group) is 1. The van der Waals surface area contributed by atoms with Crippen molar-refractivity contribution in [2.45, 2.75) is 27.7 Å². The van der Waals surface area contributed by atoms with Gasteiger partial charge in [-0.05, 0) is 49.1 Å². The van der Waals surface area contributed by atoms with Gasteiger partial charge in [0.25, 0.3) is 11.8 Å². The average molecular weight is 423 g/mol. The molecule has 1 heterocycles. The number of nitrogens with zero attached hydrogens (tertiary/aromatic N) is 2. The second kappa shape index (κ2) is 9.35. The highest BCUT2D eigenvalue weighted by Gasteiger charge is 2.42. The van der Waals surface area contributed by atoms with E-state index in [9.17, 15) is 14.7 Å². The molecule has 0 aliphatic carbocycles. The number of imide groups is 1. The lowest BCUT2D eigenvalue weighted by Gasteiger charge is -2.21. The number of aliphatic hydroxyl groups is 1. The van der Waals surface area contributed by atoms with E-state index in [0.717, 1.165) is 11.1 Å². The molecule has 0 unspecified atom stereocenters. The Bertz CT molecular complexity index is 1010. The molecule has 6 nitrogen and oxygen atoms in total. The van der Waals surface area contributed by atoms with Crippen LogP contribution in [0, 0.1) is 19.8 Å². The van der Waals surface area contributed by atoms with Crippen molar-refractivity contribution in [2.24, 2.45) is 5.92 Å². The number of ether oxygens (including phenoxy) is 1. The number of carbonyl (C=O) groups excluding carboxylic acids is 2. The first-order valence-electron chi connectivity index (χ1n) is 10.5. The smallest absolute Gasteiger partial charge is 0.282 e. The van der Waals surface area contributed by atoms with Gasteiger partial charge in [0.05, 0.1) is 24.5 Å². The summed E-state index contributed by atoms with van der Waals surface area (Å²) in [5.74, 6) is 0.364. The quantitative estimate of drug-likeness (QED) is 0.659. The summed E-state index contributed by atoms with van der Waals surface area (Å²) in [5, 5.41) is 9.41. The van der Waals surface area contributed by atoms with Gasteiger partial charge in [0.15, 0.2) is 0 Å². The Morgan fingerprint density at radius 2 is 1.71 bits per heavy atom. The van der Waals surface area contributed by atoms with Gasteiger partial charge in [-0.15, -0.1) is 0 Å². The first-order valence-corrected chi connectivity index (χ1v) is 10.5. The van der Waals surface area contributed by atoms with Gasteiger partial charge in [-0.1, -0.05) is 43.7 Å². The number of carbonyl (C=O) groups is 2. The van der Waals surface area contributed by atoms with Crippen LogP contribution < -0.4 is 9.64 Å². The molecule has 0 saturated heterocycles. The van der Waals surface area contributed by atoms with Crippen LogP contribution in [0.2, 0.25) is 0 Å². The maximum atomic E-state index is 13.5. The van der Waals surface area contributed by atoms with Gasteiger partial charge in [-0.3, -0.25) is 9.59 Å². The molecule has 2 aromatic carbocycles. The van der Waals surface area contributed by atoms with Crippen molar-refractivity contribution in [3.63, 3.8) is 0 Å². The number of rotatable bonds is 8. The molecule has 2 amide bonds. The highest BCUT2D eigenvalue weighted by atomic mass is 16.5. The molecule has 31 heavy (non-hydrogen) atoms. The third kappa shape index (κ3) is 4.64. The molecular formula is C25H30N2O4. The van der Waals surface area contributed by atoms with Crippen molar-refractivity contribution in [3.05, 3.63) is 64.9 Å². The fourth-order valence-corrected chi connectivity index (χ4v) is 3.65. The van der Waals surface area contributed by atoms with Crippen LogP contribution in [-0.4, -0.2) is 48.6 Å². The minimum atomic E-state index is -0.386. The predicted octanol–water partition coefficient (Wildman–Crippen LogP) is 3.55. The van der Waals surface area contributed by atoms with Gasteiger partial charge in [-0.2, -0.15) is 0 Å². The lowest BCUT2D eigenvalue weighted by Crippen LogP contribution is -2.35. The van der Waals surface area contributed by atoms with Gasteiger partial charge in [0, 0.05) is 13.6 Å². The van der Waals surface area contributed by atoms with Gasteiger partial charge < -0.3 is 14.7 Å². The molecule has 3 rings (SSSR count). The van der Waals surface area contributed by atoms with E-state index in [2.05, 4.69) is 13.8 Å². The van der Waals surface area contributed by atoms with Gasteiger partial charge in [0.2, 0.25) is 0 Å². The van der Waals surface area contributed by atoms with E-state index in [1.54, 1.807) is 30.1 Å². The first-order chi connectivity index (χ1) is 14.7. The number of aryl methyl sites for hydroxylation is 2. The van der Waals surface area contributed by atoms with E-state index < -0.39 is 0 Å². The number of hydrogen-bond acceptors (Lipinski definition) is 5. The monoisotopic (exact) mass is 422 g/mol. The summed E-state index contributed by atoms with van der Waals surface area (Å²) >= 11 is 0. The molecule has 0 radical (unpaired) electrons. The lowest BCUT2D eigenvalue weighted by molar-refractivity contribution is -0.120. The molecule has 0 atom stereocenters. The van der Waals surface area contributed by atoms with Crippen molar-refractivity contribution in [3.8, 4) is 5.75 Å². The van der Waals surface area contributed by atoms with Crippen molar-refractivity contribution >= 4 is 23.1 Å². The second-order valence-electron chi connectivity index (χ2n) is 8.33. The highest BCUT2D eigenvalue weighted by molar-refractivity contribution is 6.45. The van der Waals surface area contributed by atoms with E-state index in [-0.39, 0.29) is 30.7 Å². The number of hydrogen-bond donors (Lipinski definition) is 1. The third-order valence-corrected chi connectivity index (χ3v) is 5.20. The van der Waals surface area contributed by atoms with Crippen LogP contribution in [0.3, 0.4) is 0 Å². The average Bonchev–Trinajstić information content (AvgIpc) is 2.97. The van der Waals surface area contributed by atoms with E-state index in [0.29, 0.717) is 35.1 Å². The summed E-state index contributed by atoms with van der Waals surface area (Å²) in [4.78, 5) is 29.8. The van der Waals surface area contributed by atoms with Crippen LogP contribution in [0.15, 0.2) is 48.2 Å². The van der Waals surface area contributed by atoms with Crippen LogP contribution in [0.25, 0.3) is 5.57 Å². The van der Waals surface area contributed by atoms with Crippen LogP contribution in [0.4, 0.5) is 5.69 Å². The predicted molar refractivity (Wildman–Crippen MR) is 122 cm³/mol. The maximum Gasteiger partial charge on any atom is 0.282 e. The van der Waals surface area contributed by atoms with E-state index in [1.807, 2.05) is 38.1 Å². The van der Waals surface area contributed by atoms with Crippen LogP contribution in [0.1, 0.15) is 30.5 Å². The summed E-state index contributed by atoms with van der Waals surface area (Å²) in [6.45, 7) is 8.73. The van der Waals surface area contributed by atoms with Crippen LogP contribution in [-0.2, 0) is 9.59 Å². The van der Waals surface area contributed by atoms with Gasteiger partial charge in [0.1, 0.15) is 11.4 Å². The van der Waals surface area contributed by atoms with Crippen molar-refractivity contribution in [1.82, 2.24) is 4.90 Å². The zero-order valence-corrected chi connectivity index (χ0v) is 18.8. The first kappa shape index (κ1) is 22.6. The van der Waals surface area contributed by atoms with E-state index in [4.69, 9.17) is 4.74 Å². The van der Waals surface area contributed by atoms with Crippen LogP contribution >= 0.6 is 0 Å². The molecule has 0 aromatic heterocycles. The molecule has 6 heteroatoms. The Morgan fingerprint density at radius 3 is 2.29 bits per heavy atom. The van der Waals surface area contributed by atoms with Crippen LogP contribution in [0.5, 0.6) is 5.75 Å². The highest BCUT2D eigenvalue weighted by Crippen LogP contribution is 2.36. The van der Waals surface area contributed by atoms with E-state index in [1.165, 1.54) is 4.90 Å². The topological polar surface area (TPSA) is 70.1 Å². The minimum absolute atomic E-state index is 0.125. The molecule has 2 aromatic rings. The number of aliphatic hydroxyl groups excluding tert-OH is 1. The molecule has 1 aliphatic rings. The zero-order valence-electron chi connectivity index (χ0n) is 18.8. The fourth-order valence-electron chi connectivity index (χ4n) is 3.65. The summed E-state index contributed by atoms with van der Waals surface area (Å²) < 4.78 is 5.74. The number of benzene rings is 2. The minimum Gasteiger partial charge on any atom is -0.493 e. The van der Waals surface area contributed by atoms with Crippen molar-refractivity contribution < 1.29 is 19.4 Å². The molecule has 164 valence electrons. The summed E-state index contributed by atoms with van der Waals surface area (Å²) in [6, 6.07) is 12.9. The Labute approximate surface area is 183 Å². The van der Waals surface area contributed by atoms with Crippen molar-refractivity contribution in [1.29, 1.82) is 0 Å². The molecule has 0 bridgehead atoms. The molecule has 0 spiro atoms. The Kier molecular flexibility index (Phi) is 6.81. The Morgan fingerprint density at radius 1 is 1.03 bits per heavy atom. The Balaban J connectivity index is 2.03. The second-order valence-corrected chi connectivity index (χ2v) is 8.33. The number of anilines is 1. The zero-order chi connectivity index (χ0) is 22.7. The van der Waals surface area contributed by atoms with Crippen molar-refractivity contribution in [2.75, 3.05) is 31.7 Å². The largest absolute Gasteiger partial charge is 0.493 e. The molecule has 0 fully saturated rings. The summed E-state index contributed by atoms with van der Waals surface area (Å²) in [5.41, 5.74) is 3.74. The molecule has 1 aliphatic heterocycles. The van der Waals surface area contributed by atoms with Gasteiger partial charge in [-0.25, -0.2) is 4.90 Å². The molecule has 0 saturated carbocycles. The number of amides is 2. The molecule has 1 N–H and O–H groups in total. The third-order valence-electron chi connectivity index (χ3n) is 5.20. The summed E-state index contributed by atoms with van der Waals surface area (Å²) in [6.07, 6.45) is 0. The maximum absolute atomic E-state index is 13.5. The van der Waals surface area contributed by atoms with Gasteiger partial charge >= 0.3 is 0 Å². The summed E-state index contributed by atoms with van der Waals surface area (Å²) in [7, 11) is 1.71. The fraction of sp³-hybridized carbons (Fsp3) is 0.360. The lowest BCUT2D eigenvalue weighted by atomic mass is 10.0. The normalized spacial score (nSPS) is 14.1. The Hall–Kier alpha value is -3.12. The SMILES string of the molecule is Cc1ccc(N2C(=O)C(c3ccc(OCC(C)C)cc3)=C(N(C)CCO)C2=O)c(C)c1. The standard InChI is InChI=1S/C25H30N2O4/c1-16(2)15-31-20-9-7-19(8-10-20)22-23(26(5)12-13-28)25(30)27(24(22)29)21-11-6-17(3)14-18(21)4/h6-11,14,16,28H,12-13,15H2,1-5H3. The molecular weight excluding hydrogens is 392 g/mol.